The molecule has 3 rings (SSSR count). The van der Waals surface area contributed by atoms with E-state index in [9.17, 15) is 0 Å². The highest BCUT2D eigenvalue weighted by atomic mass is 28.4. The van der Waals surface area contributed by atoms with E-state index in [2.05, 4.69) is 49.7 Å². The van der Waals surface area contributed by atoms with Crippen molar-refractivity contribution in [3.8, 4) is 0 Å². The van der Waals surface area contributed by atoms with Gasteiger partial charge in [-0.15, -0.1) is 0 Å². The van der Waals surface area contributed by atoms with E-state index in [1.807, 2.05) is 6.20 Å². The van der Waals surface area contributed by atoms with Gasteiger partial charge in [-0.2, -0.15) is 5.10 Å². The van der Waals surface area contributed by atoms with Crippen LogP contribution in [0.1, 0.15) is 64.1 Å². The van der Waals surface area contributed by atoms with Gasteiger partial charge in [0.1, 0.15) is 0 Å². The van der Waals surface area contributed by atoms with Crippen molar-refractivity contribution in [1.82, 2.24) is 9.78 Å². The molecule has 20 heavy (non-hydrogen) atoms. The Bertz CT molecular complexity index is 479. The lowest BCUT2D eigenvalue weighted by Crippen LogP contribution is -2.48. The van der Waals surface area contributed by atoms with Gasteiger partial charge in [0.2, 0.25) is 0 Å². The van der Waals surface area contributed by atoms with Gasteiger partial charge in [-0.3, -0.25) is 4.68 Å². The van der Waals surface area contributed by atoms with E-state index in [-0.39, 0.29) is 0 Å². The lowest BCUT2D eigenvalue weighted by atomic mass is 9.89. The maximum absolute atomic E-state index is 6.48. The summed E-state index contributed by atoms with van der Waals surface area (Å²) < 4.78 is 8.76. The average molecular weight is 292 g/mol. The first-order valence-electron chi connectivity index (χ1n) is 7.99. The molecule has 3 nitrogen and oxygen atoms in total. The van der Waals surface area contributed by atoms with Crippen molar-refractivity contribution in [2.24, 2.45) is 0 Å². The molecule has 0 N–H and O–H groups in total. The molecule has 2 aliphatic rings. The van der Waals surface area contributed by atoms with Crippen LogP contribution in [0.5, 0.6) is 0 Å². The Morgan fingerprint density at radius 2 is 1.90 bits per heavy atom. The predicted molar refractivity (Wildman–Crippen MR) is 84.5 cm³/mol. The highest BCUT2D eigenvalue weighted by Crippen LogP contribution is 2.46. The van der Waals surface area contributed by atoms with Crippen LogP contribution >= 0.6 is 0 Å². The monoisotopic (exact) mass is 292 g/mol. The minimum Gasteiger partial charge on any atom is -0.414 e. The van der Waals surface area contributed by atoms with Crippen molar-refractivity contribution < 1.29 is 4.43 Å². The van der Waals surface area contributed by atoms with E-state index < -0.39 is 8.32 Å². The van der Waals surface area contributed by atoms with Crippen molar-refractivity contribution in [2.45, 2.75) is 82.7 Å². The zero-order valence-electron chi connectivity index (χ0n) is 13.5. The van der Waals surface area contributed by atoms with Gasteiger partial charge in [0.25, 0.3) is 0 Å². The van der Waals surface area contributed by atoms with Crippen molar-refractivity contribution in [2.75, 3.05) is 0 Å². The third kappa shape index (κ3) is 2.60. The summed E-state index contributed by atoms with van der Waals surface area (Å²) in [4.78, 5) is 0. The molecule has 0 radical (unpaired) electrons. The zero-order chi connectivity index (χ0) is 14.5. The average Bonchev–Trinajstić information content (AvgIpc) is 3.01. The second-order valence-corrected chi connectivity index (χ2v) is 12.9. The molecule has 0 amide bonds. The van der Waals surface area contributed by atoms with Gasteiger partial charge >= 0.3 is 0 Å². The molecule has 4 heteroatoms. The van der Waals surface area contributed by atoms with Crippen LogP contribution in [-0.2, 0) is 4.43 Å². The third-order valence-electron chi connectivity index (χ3n) is 5.38. The summed E-state index contributed by atoms with van der Waals surface area (Å²) in [6.45, 7) is 11.6. The zero-order valence-corrected chi connectivity index (χ0v) is 14.5. The van der Waals surface area contributed by atoms with Crippen molar-refractivity contribution >= 4 is 8.32 Å². The number of rotatable bonds is 4. The van der Waals surface area contributed by atoms with E-state index in [0.29, 0.717) is 17.2 Å². The Balaban J connectivity index is 1.58. The van der Waals surface area contributed by atoms with Crippen LogP contribution in [0.15, 0.2) is 12.3 Å². The summed E-state index contributed by atoms with van der Waals surface area (Å²) in [6, 6.07) is 2.79. The SMILES string of the molecule is CC(C)(C)[Si](C)(C)OC1CC(n2nccc2C2CC2)C1. The van der Waals surface area contributed by atoms with Gasteiger partial charge < -0.3 is 4.43 Å². The maximum atomic E-state index is 6.48. The molecule has 1 heterocycles. The Kier molecular flexibility index (Phi) is 3.37. The Hall–Kier alpha value is -0.613. The first-order valence-corrected chi connectivity index (χ1v) is 10.9. The molecule has 2 fully saturated rings. The standard InChI is InChI=1S/C16H28N2OSi/c1-16(2,3)20(4,5)19-14-10-13(11-14)18-15(8-9-17-18)12-6-7-12/h8-9,12-14H,6-7,10-11H2,1-5H3. The molecule has 0 aromatic carbocycles. The Labute approximate surface area is 123 Å². The van der Waals surface area contributed by atoms with Crippen LogP contribution in [-0.4, -0.2) is 24.2 Å². The van der Waals surface area contributed by atoms with E-state index in [0.717, 1.165) is 18.8 Å². The summed E-state index contributed by atoms with van der Waals surface area (Å²) >= 11 is 0. The molecule has 2 saturated carbocycles. The fourth-order valence-corrected chi connectivity index (χ4v) is 4.14. The van der Waals surface area contributed by atoms with E-state index in [4.69, 9.17) is 4.43 Å². The van der Waals surface area contributed by atoms with Crippen LogP contribution in [0.3, 0.4) is 0 Å². The highest BCUT2D eigenvalue weighted by molar-refractivity contribution is 6.74. The molecular formula is C16H28N2OSi. The Morgan fingerprint density at radius 3 is 2.45 bits per heavy atom. The van der Waals surface area contributed by atoms with Gasteiger partial charge in [0.05, 0.1) is 6.04 Å². The first-order chi connectivity index (χ1) is 9.28. The van der Waals surface area contributed by atoms with Gasteiger partial charge in [0.15, 0.2) is 8.32 Å². The molecule has 0 aliphatic heterocycles. The van der Waals surface area contributed by atoms with Crippen LogP contribution in [0.2, 0.25) is 18.1 Å². The third-order valence-corrected chi connectivity index (χ3v) is 9.91. The Morgan fingerprint density at radius 1 is 1.25 bits per heavy atom. The number of nitrogens with zero attached hydrogens (tertiary/aromatic N) is 2. The van der Waals surface area contributed by atoms with E-state index in [1.54, 1.807) is 0 Å². The molecule has 112 valence electrons. The molecule has 0 unspecified atom stereocenters. The van der Waals surface area contributed by atoms with Crippen molar-refractivity contribution in [3.05, 3.63) is 18.0 Å². The number of aromatic nitrogens is 2. The van der Waals surface area contributed by atoms with Crippen molar-refractivity contribution in [3.63, 3.8) is 0 Å². The van der Waals surface area contributed by atoms with Crippen molar-refractivity contribution in [1.29, 1.82) is 0 Å². The molecular weight excluding hydrogens is 264 g/mol. The van der Waals surface area contributed by atoms with Crippen LogP contribution in [0.4, 0.5) is 0 Å². The highest BCUT2D eigenvalue weighted by Gasteiger charge is 2.43. The summed E-state index contributed by atoms with van der Waals surface area (Å²) in [5.41, 5.74) is 1.46. The molecule has 1 aromatic heterocycles. The minimum absolute atomic E-state index is 0.308. The normalized spacial score (nSPS) is 27.4. The predicted octanol–water partition coefficient (Wildman–Crippen LogP) is 4.49. The fourth-order valence-electron chi connectivity index (χ4n) is 2.76. The summed E-state index contributed by atoms with van der Waals surface area (Å²) in [5.74, 6) is 0.790. The van der Waals surface area contributed by atoms with Crippen LogP contribution < -0.4 is 0 Å². The van der Waals surface area contributed by atoms with Gasteiger partial charge in [-0.05, 0) is 49.9 Å². The van der Waals surface area contributed by atoms with E-state index >= 15 is 0 Å². The van der Waals surface area contributed by atoms with E-state index in [1.165, 1.54) is 18.5 Å². The number of hydrogen-bond donors (Lipinski definition) is 0. The molecule has 0 bridgehead atoms. The smallest absolute Gasteiger partial charge is 0.192 e. The van der Waals surface area contributed by atoms with Gasteiger partial charge in [-0.25, -0.2) is 0 Å². The quantitative estimate of drug-likeness (QED) is 0.765. The molecule has 0 spiro atoms. The van der Waals surface area contributed by atoms with Crippen LogP contribution in [0.25, 0.3) is 0 Å². The summed E-state index contributed by atoms with van der Waals surface area (Å²) in [7, 11) is -1.60. The maximum Gasteiger partial charge on any atom is 0.192 e. The minimum atomic E-state index is -1.60. The summed E-state index contributed by atoms with van der Waals surface area (Å²) in [6.07, 6.45) is 7.42. The second kappa shape index (κ2) is 4.70. The lowest BCUT2D eigenvalue weighted by molar-refractivity contribution is 0.0514. The first kappa shape index (κ1) is 14.3. The van der Waals surface area contributed by atoms with Gasteiger partial charge in [0, 0.05) is 23.9 Å². The van der Waals surface area contributed by atoms with Crippen LogP contribution in [0, 0.1) is 0 Å². The van der Waals surface area contributed by atoms with Gasteiger partial charge in [-0.1, -0.05) is 20.8 Å². The molecule has 0 atom stereocenters. The molecule has 0 saturated heterocycles. The summed E-state index contributed by atoms with van der Waals surface area (Å²) in [5, 5.41) is 4.86. The second-order valence-electron chi connectivity index (χ2n) is 8.10. The molecule has 2 aliphatic carbocycles. The lowest BCUT2D eigenvalue weighted by Gasteiger charge is -2.45. The number of hydrogen-bond acceptors (Lipinski definition) is 2. The molecule has 1 aromatic rings. The largest absolute Gasteiger partial charge is 0.414 e. The topological polar surface area (TPSA) is 27.1 Å². The fraction of sp³-hybridized carbons (Fsp3) is 0.812.